The second-order valence-electron chi connectivity index (χ2n) is 9.84. The van der Waals surface area contributed by atoms with Crippen LogP contribution in [0.5, 0.6) is 0 Å². The van der Waals surface area contributed by atoms with Crippen LogP contribution >= 0.6 is 0 Å². The van der Waals surface area contributed by atoms with Gasteiger partial charge in [0.1, 0.15) is 11.4 Å². The first kappa shape index (κ1) is 28.4. The van der Waals surface area contributed by atoms with Gasteiger partial charge in [-0.05, 0) is 62.1 Å². The van der Waals surface area contributed by atoms with Crippen molar-refractivity contribution >= 4 is 33.9 Å². The molecule has 0 spiro atoms. The number of amides is 2. The van der Waals surface area contributed by atoms with E-state index in [0.717, 1.165) is 72.5 Å². The molecule has 0 saturated heterocycles. The summed E-state index contributed by atoms with van der Waals surface area (Å²) >= 11 is 0. The second-order valence-corrected chi connectivity index (χ2v) is 9.84. The van der Waals surface area contributed by atoms with Crippen LogP contribution in [0.15, 0.2) is 86.2 Å². The maximum Gasteiger partial charge on any atom is 0.243 e. The average Bonchev–Trinajstić information content (AvgIpc) is 3.59. The van der Waals surface area contributed by atoms with Crippen molar-refractivity contribution in [3.05, 3.63) is 86.2 Å². The fraction of sp³-hybridized carbons (Fsp3) is 0.250. The Morgan fingerprint density at radius 2 is 1.10 bits per heavy atom. The molecule has 0 radical (unpaired) electrons. The summed E-state index contributed by atoms with van der Waals surface area (Å²) in [4.78, 5) is 42.2. The van der Waals surface area contributed by atoms with Crippen LogP contribution in [-0.4, -0.2) is 54.0 Å². The molecule has 0 saturated carbocycles. The topological polar surface area (TPSA) is 120 Å². The van der Waals surface area contributed by atoms with Gasteiger partial charge in [-0.3, -0.25) is 9.59 Å². The van der Waals surface area contributed by atoms with E-state index in [1.165, 1.54) is 12.2 Å². The lowest BCUT2D eigenvalue weighted by molar-refractivity contribution is -0.117. The molecule has 0 aliphatic heterocycles. The fourth-order valence-corrected chi connectivity index (χ4v) is 4.91. The van der Waals surface area contributed by atoms with Crippen LogP contribution in [-0.2, 0) is 22.7 Å². The molecule has 214 valence electrons. The number of fused-ring (bicyclic) bond motifs is 2. The van der Waals surface area contributed by atoms with Crippen LogP contribution in [0.25, 0.3) is 45.1 Å². The molecule has 3 aromatic heterocycles. The summed E-state index contributed by atoms with van der Waals surface area (Å²) in [6.07, 6.45) is 9.45. The van der Waals surface area contributed by atoms with Crippen LogP contribution in [0, 0.1) is 0 Å². The van der Waals surface area contributed by atoms with Gasteiger partial charge in [-0.2, -0.15) is 0 Å². The summed E-state index contributed by atoms with van der Waals surface area (Å²) in [5.74, 6) is 1.18. The molecule has 5 rings (SSSR count). The number of aryl methyl sites for hydroxylation is 2. The number of imidazole rings is 2. The van der Waals surface area contributed by atoms with Crippen molar-refractivity contribution in [2.75, 3.05) is 13.1 Å². The number of para-hydroxylation sites is 4. The van der Waals surface area contributed by atoms with E-state index in [2.05, 4.69) is 45.1 Å². The largest absolute Gasteiger partial charge is 0.353 e. The number of hydrogen-bond donors (Lipinski definition) is 2. The van der Waals surface area contributed by atoms with Gasteiger partial charge in [0.15, 0.2) is 11.6 Å². The molecule has 5 aromatic rings. The van der Waals surface area contributed by atoms with E-state index in [9.17, 15) is 9.59 Å². The average molecular weight is 563 g/mol. The molecular weight excluding hydrogens is 528 g/mol. The van der Waals surface area contributed by atoms with Gasteiger partial charge >= 0.3 is 0 Å². The van der Waals surface area contributed by atoms with E-state index in [-0.39, 0.29) is 11.8 Å². The van der Waals surface area contributed by atoms with Crippen molar-refractivity contribution in [2.45, 2.75) is 38.8 Å². The Bertz CT molecular complexity index is 1590. The smallest absolute Gasteiger partial charge is 0.243 e. The summed E-state index contributed by atoms with van der Waals surface area (Å²) in [5, 5.41) is 5.65. The minimum Gasteiger partial charge on any atom is -0.353 e. The number of aromatic nitrogens is 6. The molecule has 2 amide bonds. The van der Waals surface area contributed by atoms with E-state index in [4.69, 9.17) is 19.9 Å². The number of nitrogens with one attached hydrogen (secondary N) is 2. The van der Waals surface area contributed by atoms with Crippen molar-refractivity contribution in [1.82, 2.24) is 39.7 Å². The normalized spacial score (nSPS) is 11.0. The number of unbranched alkanes of at least 4 members (excludes halogenated alkanes) is 2. The van der Waals surface area contributed by atoms with E-state index < -0.39 is 0 Å². The zero-order valence-corrected chi connectivity index (χ0v) is 23.5. The number of carbonyl (C=O) groups is 2. The van der Waals surface area contributed by atoms with Gasteiger partial charge in [-0.15, -0.1) is 0 Å². The van der Waals surface area contributed by atoms with Crippen molar-refractivity contribution < 1.29 is 9.59 Å². The summed E-state index contributed by atoms with van der Waals surface area (Å²) in [5.41, 5.74) is 5.19. The summed E-state index contributed by atoms with van der Waals surface area (Å²) in [6, 6.07) is 16.0. The van der Waals surface area contributed by atoms with Gasteiger partial charge in [0.2, 0.25) is 11.8 Å². The van der Waals surface area contributed by atoms with Crippen molar-refractivity contribution in [1.29, 1.82) is 0 Å². The molecule has 3 heterocycles. The Balaban J connectivity index is 1.37. The monoisotopic (exact) mass is 562 g/mol. The predicted molar refractivity (Wildman–Crippen MR) is 164 cm³/mol. The SMILES string of the molecule is C=CC(=O)NCCCCn1c(-c2cnc(-c3nc4ccccc4n3CCCCNC(=O)C=C)cn2)nc2ccccc21. The highest BCUT2D eigenvalue weighted by Gasteiger charge is 2.17. The van der Waals surface area contributed by atoms with E-state index in [1.807, 2.05) is 36.4 Å². The zero-order chi connectivity index (χ0) is 29.3. The third-order valence-electron chi connectivity index (χ3n) is 7.01. The quantitative estimate of drug-likeness (QED) is 0.150. The first-order valence-electron chi connectivity index (χ1n) is 14.1. The molecule has 0 aliphatic rings. The first-order valence-corrected chi connectivity index (χ1v) is 14.1. The number of benzene rings is 2. The molecule has 0 unspecified atom stereocenters. The standard InChI is InChI=1S/C32H34N8O2/c1-3-29(41)33-17-9-11-19-39-27-15-7-5-13-23(27)37-31(39)25-21-36-26(22-35-25)32-38-24-14-6-8-16-28(24)40(32)20-12-10-18-34-30(42)4-2/h3-8,13-16,21-22H,1-2,9-12,17-20H2,(H,33,41)(H,34,42). The van der Waals surface area contributed by atoms with Gasteiger partial charge < -0.3 is 19.8 Å². The number of hydrogen-bond acceptors (Lipinski definition) is 6. The van der Waals surface area contributed by atoms with Crippen molar-refractivity contribution in [3.63, 3.8) is 0 Å². The van der Waals surface area contributed by atoms with Gasteiger partial charge in [0.25, 0.3) is 0 Å². The maximum atomic E-state index is 11.4. The van der Waals surface area contributed by atoms with E-state index in [1.54, 1.807) is 12.4 Å². The first-order chi connectivity index (χ1) is 20.6. The lowest BCUT2D eigenvalue weighted by atomic mass is 10.2. The molecule has 0 fully saturated rings. The Labute approximate surface area is 244 Å². The second kappa shape index (κ2) is 13.5. The predicted octanol–water partition coefficient (Wildman–Crippen LogP) is 4.67. The highest BCUT2D eigenvalue weighted by Crippen LogP contribution is 2.27. The number of nitrogens with zero attached hydrogens (tertiary/aromatic N) is 6. The minimum absolute atomic E-state index is 0.162. The minimum atomic E-state index is -0.162. The van der Waals surface area contributed by atoms with E-state index >= 15 is 0 Å². The maximum absolute atomic E-state index is 11.4. The van der Waals surface area contributed by atoms with E-state index in [0.29, 0.717) is 24.5 Å². The molecule has 0 bridgehead atoms. The van der Waals surface area contributed by atoms with Gasteiger partial charge in [-0.25, -0.2) is 19.9 Å². The Morgan fingerprint density at radius 3 is 1.50 bits per heavy atom. The molecule has 0 atom stereocenters. The molecule has 2 aromatic carbocycles. The fourth-order valence-electron chi connectivity index (χ4n) is 4.91. The summed E-state index contributed by atoms with van der Waals surface area (Å²) in [7, 11) is 0. The highest BCUT2D eigenvalue weighted by molar-refractivity contribution is 5.87. The van der Waals surface area contributed by atoms with Crippen LogP contribution < -0.4 is 10.6 Å². The molecule has 0 aliphatic carbocycles. The Hall–Kier alpha value is -5.12. The third kappa shape index (κ3) is 6.43. The third-order valence-corrected chi connectivity index (χ3v) is 7.01. The van der Waals surface area contributed by atoms with Crippen molar-refractivity contribution in [2.24, 2.45) is 0 Å². The lowest BCUT2D eigenvalue weighted by Crippen LogP contribution is -2.22. The van der Waals surface area contributed by atoms with Crippen molar-refractivity contribution in [3.8, 4) is 23.0 Å². The summed E-state index contributed by atoms with van der Waals surface area (Å²) < 4.78 is 4.32. The molecule has 10 heteroatoms. The Kier molecular flexibility index (Phi) is 9.13. The van der Waals surface area contributed by atoms with Crippen LogP contribution in [0.3, 0.4) is 0 Å². The van der Waals surface area contributed by atoms with Crippen LogP contribution in [0.1, 0.15) is 25.7 Å². The Morgan fingerprint density at radius 1 is 0.667 bits per heavy atom. The molecule has 10 nitrogen and oxygen atoms in total. The highest BCUT2D eigenvalue weighted by atomic mass is 16.2. The lowest BCUT2D eigenvalue weighted by Gasteiger charge is -2.11. The zero-order valence-electron chi connectivity index (χ0n) is 23.5. The molecular formula is C32H34N8O2. The molecule has 2 N–H and O–H groups in total. The number of carbonyl (C=O) groups excluding carboxylic acids is 2. The van der Waals surface area contributed by atoms with Gasteiger partial charge in [0.05, 0.1) is 34.5 Å². The van der Waals surface area contributed by atoms with Gasteiger partial charge in [0, 0.05) is 26.2 Å². The molecule has 42 heavy (non-hydrogen) atoms. The summed E-state index contributed by atoms with van der Waals surface area (Å²) in [6.45, 7) is 9.62. The number of rotatable bonds is 14. The van der Waals surface area contributed by atoms with Gasteiger partial charge in [-0.1, -0.05) is 37.4 Å². The van der Waals surface area contributed by atoms with Crippen LogP contribution in [0.2, 0.25) is 0 Å². The van der Waals surface area contributed by atoms with Crippen LogP contribution in [0.4, 0.5) is 0 Å².